The molecular formula is C18H19O2W-. The minimum atomic E-state index is -0.371. The van der Waals surface area contributed by atoms with Crippen LogP contribution in [0.15, 0.2) is 36.4 Å². The molecule has 0 N–H and O–H groups in total. The van der Waals surface area contributed by atoms with Crippen LogP contribution >= 0.6 is 0 Å². The second-order valence-electron chi connectivity index (χ2n) is 5.06. The van der Waals surface area contributed by atoms with Gasteiger partial charge in [0.2, 0.25) is 0 Å². The minimum Gasteiger partial charge on any atom is -0.466 e. The van der Waals surface area contributed by atoms with Crippen molar-refractivity contribution in [3.05, 3.63) is 70.3 Å². The van der Waals surface area contributed by atoms with Crippen molar-refractivity contribution < 1.29 is 30.6 Å². The summed E-state index contributed by atoms with van der Waals surface area (Å²) in [7, 11) is 0. The number of hydrogen-bond donors (Lipinski definition) is 0. The van der Waals surface area contributed by atoms with Gasteiger partial charge in [-0.25, -0.2) is 0 Å². The minimum absolute atomic E-state index is 0. The maximum atomic E-state index is 11.5. The molecule has 0 spiro atoms. The van der Waals surface area contributed by atoms with Crippen molar-refractivity contribution in [3.8, 4) is 0 Å². The third kappa shape index (κ3) is 4.04. The Morgan fingerprint density at radius 2 is 1.81 bits per heavy atom. The van der Waals surface area contributed by atoms with Gasteiger partial charge in [-0.2, -0.15) is 29.8 Å². The van der Waals surface area contributed by atoms with Gasteiger partial charge in [0.25, 0.3) is 0 Å². The summed E-state index contributed by atoms with van der Waals surface area (Å²) in [6.45, 7) is 7.59. The third-order valence-electron chi connectivity index (χ3n) is 3.62. The molecule has 0 saturated carbocycles. The van der Waals surface area contributed by atoms with Crippen LogP contribution in [-0.4, -0.2) is 5.97 Å². The van der Waals surface area contributed by atoms with Crippen LogP contribution in [-0.2, 0) is 30.6 Å². The first-order valence-electron chi connectivity index (χ1n) is 6.70. The molecule has 2 nitrogen and oxygen atoms in total. The summed E-state index contributed by atoms with van der Waals surface area (Å²) in [5.74, 6) is -0.279. The molecule has 2 aromatic rings. The molecule has 1 atom stereocenters. The largest absolute Gasteiger partial charge is 0.466 e. The molecule has 1 unspecified atom stereocenters. The van der Waals surface area contributed by atoms with Crippen LogP contribution in [0, 0.1) is 26.8 Å². The standard InChI is InChI=1S/C18H19O2.W/c1-12-9-7-11-17(14(12)3)18(20-15(4)19)16-10-6-5-8-13(16)2;/h5,7-11,18H,1-4H3;/q-1;. The van der Waals surface area contributed by atoms with Crippen molar-refractivity contribution in [2.45, 2.75) is 33.8 Å². The molecule has 110 valence electrons. The summed E-state index contributed by atoms with van der Waals surface area (Å²) < 4.78 is 5.58. The topological polar surface area (TPSA) is 26.3 Å². The first kappa shape index (κ1) is 17.6. The van der Waals surface area contributed by atoms with E-state index in [0.29, 0.717) is 0 Å². The fraction of sp³-hybridized carbons (Fsp3) is 0.278. The number of esters is 1. The molecule has 0 heterocycles. The first-order valence-corrected chi connectivity index (χ1v) is 6.70. The normalized spacial score (nSPS) is 11.4. The summed E-state index contributed by atoms with van der Waals surface area (Å²) in [5.41, 5.74) is 5.45. The van der Waals surface area contributed by atoms with E-state index in [4.69, 9.17) is 4.74 Å². The summed E-state index contributed by atoms with van der Waals surface area (Å²) in [4.78, 5) is 11.5. The number of ether oxygens (including phenoxy) is 1. The van der Waals surface area contributed by atoms with Gasteiger partial charge >= 0.3 is 5.97 Å². The second kappa shape index (κ2) is 7.56. The van der Waals surface area contributed by atoms with E-state index in [-0.39, 0.29) is 33.1 Å². The molecule has 21 heavy (non-hydrogen) atoms. The Balaban J connectivity index is 0.00000220. The van der Waals surface area contributed by atoms with Crippen LogP contribution in [0.3, 0.4) is 0 Å². The van der Waals surface area contributed by atoms with Gasteiger partial charge in [-0.15, -0.1) is 5.56 Å². The Hall–Kier alpha value is -1.40. The number of benzene rings is 2. The summed E-state index contributed by atoms with van der Waals surface area (Å²) in [6.07, 6.45) is -0.371. The molecule has 0 fully saturated rings. The smallest absolute Gasteiger partial charge is 0.302 e. The summed E-state index contributed by atoms with van der Waals surface area (Å²) >= 11 is 0. The van der Waals surface area contributed by atoms with Gasteiger partial charge in [-0.1, -0.05) is 25.1 Å². The number of carbonyl (C=O) groups is 1. The maximum Gasteiger partial charge on any atom is 0.302 e. The Labute approximate surface area is 140 Å². The van der Waals surface area contributed by atoms with Crippen LogP contribution in [0.25, 0.3) is 0 Å². The van der Waals surface area contributed by atoms with Crippen molar-refractivity contribution in [1.82, 2.24) is 0 Å². The molecule has 0 aromatic heterocycles. The number of hydrogen-bond acceptors (Lipinski definition) is 2. The molecule has 2 aromatic carbocycles. The van der Waals surface area contributed by atoms with Crippen LogP contribution in [0.2, 0.25) is 0 Å². The zero-order chi connectivity index (χ0) is 14.7. The predicted molar refractivity (Wildman–Crippen MR) is 79.5 cm³/mol. The van der Waals surface area contributed by atoms with Gasteiger partial charge in [-0.05, 0) is 30.5 Å². The van der Waals surface area contributed by atoms with Gasteiger partial charge < -0.3 is 4.74 Å². The SMILES string of the molecule is CC(=O)OC(c1c[c-]ccc1C)c1cccc(C)c1C.[W]. The molecular weight excluding hydrogens is 432 g/mol. The summed E-state index contributed by atoms with van der Waals surface area (Å²) in [6, 6.07) is 14.9. The Morgan fingerprint density at radius 1 is 1.10 bits per heavy atom. The van der Waals surface area contributed by atoms with Gasteiger partial charge in [0, 0.05) is 28.0 Å². The van der Waals surface area contributed by atoms with Crippen LogP contribution in [0.5, 0.6) is 0 Å². The molecule has 0 bridgehead atoms. The van der Waals surface area contributed by atoms with Crippen molar-refractivity contribution in [2.75, 3.05) is 0 Å². The molecule has 0 amide bonds. The molecule has 0 radical (unpaired) electrons. The molecule has 0 aliphatic heterocycles. The molecule has 3 heteroatoms. The van der Waals surface area contributed by atoms with Crippen molar-refractivity contribution in [2.24, 2.45) is 0 Å². The average molecular weight is 451 g/mol. The average Bonchev–Trinajstić information content (AvgIpc) is 2.40. The number of rotatable bonds is 3. The van der Waals surface area contributed by atoms with E-state index in [1.807, 2.05) is 37.3 Å². The van der Waals surface area contributed by atoms with Gasteiger partial charge in [0.15, 0.2) is 0 Å². The third-order valence-corrected chi connectivity index (χ3v) is 3.62. The van der Waals surface area contributed by atoms with E-state index in [0.717, 1.165) is 22.3 Å². The number of aryl methyl sites for hydroxylation is 2. The Bertz CT molecular complexity index is 635. The Morgan fingerprint density at radius 3 is 2.43 bits per heavy atom. The van der Waals surface area contributed by atoms with E-state index < -0.39 is 0 Å². The zero-order valence-corrected chi connectivity index (χ0v) is 15.7. The van der Waals surface area contributed by atoms with Crippen molar-refractivity contribution in [1.29, 1.82) is 0 Å². The van der Waals surface area contributed by atoms with E-state index in [9.17, 15) is 4.79 Å². The van der Waals surface area contributed by atoms with Crippen LogP contribution in [0.1, 0.15) is 40.8 Å². The molecule has 0 aliphatic carbocycles. The van der Waals surface area contributed by atoms with Crippen molar-refractivity contribution >= 4 is 5.97 Å². The van der Waals surface area contributed by atoms with Gasteiger partial charge in [0.1, 0.15) is 6.10 Å². The summed E-state index contributed by atoms with van der Waals surface area (Å²) in [5, 5.41) is 0. The quantitative estimate of drug-likeness (QED) is 0.520. The van der Waals surface area contributed by atoms with E-state index in [2.05, 4.69) is 26.0 Å². The molecule has 0 saturated heterocycles. The maximum absolute atomic E-state index is 11.5. The monoisotopic (exact) mass is 451 g/mol. The zero-order valence-electron chi connectivity index (χ0n) is 12.8. The van der Waals surface area contributed by atoms with E-state index in [1.165, 1.54) is 12.5 Å². The number of carbonyl (C=O) groups excluding carboxylic acids is 1. The van der Waals surface area contributed by atoms with Crippen molar-refractivity contribution in [3.63, 3.8) is 0 Å². The first-order chi connectivity index (χ1) is 9.50. The van der Waals surface area contributed by atoms with Gasteiger partial charge in [-0.3, -0.25) is 4.79 Å². The Kier molecular flexibility index (Phi) is 6.36. The molecule has 0 aliphatic rings. The fourth-order valence-electron chi connectivity index (χ4n) is 2.32. The van der Waals surface area contributed by atoms with E-state index in [1.54, 1.807) is 0 Å². The van der Waals surface area contributed by atoms with Crippen LogP contribution in [0.4, 0.5) is 0 Å². The van der Waals surface area contributed by atoms with Gasteiger partial charge in [0.05, 0.1) is 0 Å². The predicted octanol–water partition coefficient (Wildman–Crippen LogP) is 4.06. The molecule has 2 rings (SSSR count). The fourth-order valence-corrected chi connectivity index (χ4v) is 2.32. The van der Waals surface area contributed by atoms with E-state index >= 15 is 0 Å². The van der Waals surface area contributed by atoms with Crippen LogP contribution < -0.4 is 0 Å². The second-order valence-corrected chi connectivity index (χ2v) is 5.06.